The van der Waals surface area contributed by atoms with Gasteiger partial charge in [-0.1, -0.05) is 18.6 Å². The number of likely N-dealkylation sites (tertiary alicyclic amines) is 2. The highest BCUT2D eigenvalue weighted by molar-refractivity contribution is 7.90. The van der Waals surface area contributed by atoms with E-state index in [4.69, 9.17) is 4.74 Å². The number of benzene rings is 2. The SMILES string of the molecule is COC(=O)N[C@H]1CCC[C@@H]1[C@](CN1CCC1)(c1cccc(F)c1)C1CCN(CC2(O)CN(c3ccc(S(C)(=O)=O)cc3)C2)CC1. The lowest BCUT2D eigenvalue weighted by atomic mass is 9.57. The van der Waals surface area contributed by atoms with Crippen LogP contribution in [0.25, 0.3) is 0 Å². The smallest absolute Gasteiger partial charge is 0.407 e. The quantitative estimate of drug-likeness (QED) is 0.405. The summed E-state index contributed by atoms with van der Waals surface area (Å²) in [5.41, 5.74) is 0.787. The Morgan fingerprint density at radius 3 is 2.33 bits per heavy atom. The number of carbonyl (C=O) groups excluding carboxylic acids is 1. The highest BCUT2D eigenvalue weighted by Crippen LogP contribution is 2.51. The van der Waals surface area contributed by atoms with Gasteiger partial charge in [0.15, 0.2) is 9.84 Å². The molecule has 3 heterocycles. The number of anilines is 1. The van der Waals surface area contributed by atoms with E-state index in [1.54, 1.807) is 30.3 Å². The van der Waals surface area contributed by atoms with E-state index in [0.717, 1.165) is 76.1 Å². The second-order valence-electron chi connectivity index (χ2n) is 13.9. The molecule has 45 heavy (non-hydrogen) atoms. The Kier molecular flexibility index (Phi) is 9.17. The number of alkyl carbamates (subject to hydrolysis) is 1. The molecule has 0 unspecified atom stereocenters. The zero-order chi connectivity index (χ0) is 31.8. The van der Waals surface area contributed by atoms with Gasteiger partial charge in [-0.3, -0.25) is 0 Å². The maximum Gasteiger partial charge on any atom is 0.407 e. The number of hydrogen-bond donors (Lipinski definition) is 2. The molecule has 6 rings (SSSR count). The largest absolute Gasteiger partial charge is 0.453 e. The highest BCUT2D eigenvalue weighted by Gasteiger charge is 2.53. The van der Waals surface area contributed by atoms with E-state index in [9.17, 15) is 22.7 Å². The average Bonchev–Trinajstić information content (AvgIpc) is 3.44. The van der Waals surface area contributed by atoms with E-state index in [1.165, 1.54) is 25.9 Å². The molecule has 2 N–H and O–H groups in total. The zero-order valence-electron chi connectivity index (χ0n) is 26.5. The van der Waals surface area contributed by atoms with Gasteiger partial charge >= 0.3 is 6.09 Å². The Labute approximate surface area is 266 Å². The molecular weight excluding hydrogens is 595 g/mol. The third-order valence-corrected chi connectivity index (χ3v) is 12.0. The molecule has 246 valence electrons. The molecule has 0 aromatic heterocycles. The predicted molar refractivity (Wildman–Crippen MR) is 172 cm³/mol. The summed E-state index contributed by atoms with van der Waals surface area (Å²) in [6, 6.07) is 14.0. The van der Waals surface area contributed by atoms with Crippen LogP contribution < -0.4 is 10.2 Å². The number of nitrogens with one attached hydrogen (secondary N) is 1. The number of rotatable bonds is 10. The topological polar surface area (TPSA) is 102 Å². The summed E-state index contributed by atoms with van der Waals surface area (Å²) in [5, 5.41) is 14.6. The first-order chi connectivity index (χ1) is 21.5. The van der Waals surface area contributed by atoms with Crippen LogP contribution in [0.3, 0.4) is 0 Å². The van der Waals surface area contributed by atoms with Crippen LogP contribution in [0.1, 0.15) is 44.1 Å². The molecule has 3 aliphatic heterocycles. The first kappa shape index (κ1) is 32.2. The van der Waals surface area contributed by atoms with Crippen molar-refractivity contribution in [2.24, 2.45) is 11.8 Å². The molecular formula is C34H47FN4O5S. The Balaban J connectivity index is 1.18. The molecule has 4 aliphatic rings. The number of piperidine rings is 1. The number of nitrogens with zero attached hydrogens (tertiary/aromatic N) is 3. The third kappa shape index (κ3) is 6.73. The molecule has 11 heteroatoms. The molecule has 0 radical (unpaired) electrons. The number of halogens is 1. The minimum absolute atomic E-state index is 0.0341. The molecule has 4 fully saturated rings. The van der Waals surface area contributed by atoms with Crippen molar-refractivity contribution in [3.05, 3.63) is 59.9 Å². The minimum atomic E-state index is -3.25. The van der Waals surface area contributed by atoms with Crippen LogP contribution in [0.5, 0.6) is 0 Å². The fourth-order valence-electron chi connectivity index (χ4n) is 8.61. The second-order valence-corrected chi connectivity index (χ2v) is 15.9. The molecule has 9 nitrogen and oxygen atoms in total. The monoisotopic (exact) mass is 642 g/mol. The molecule has 1 aliphatic carbocycles. The van der Waals surface area contributed by atoms with Crippen molar-refractivity contribution in [3.8, 4) is 0 Å². The minimum Gasteiger partial charge on any atom is -0.453 e. The highest BCUT2D eigenvalue weighted by atomic mass is 32.2. The Bertz CT molecular complexity index is 1460. The fraction of sp³-hybridized carbons (Fsp3) is 0.618. The lowest BCUT2D eigenvalue weighted by molar-refractivity contribution is -0.0362. The molecule has 1 amide bonds. The molecule has 3 atom stereocenters. The van der Waals surface area contributed by atoms with Gasteiger partial charge in [0.1, 0.15) is 11.4 Å². The maximum absolute atomic E-state index is 14.9. The van der Waals surface area contributed by atoms with Crippen molar-refractivity contribution >= 4 is 21.6 Å². The Morgan fingerprint density at radius 1 is 1.02 bits per heavy atom. The summed E-state index contributed by atoms with van der Waals surface area (Å²) in [6.45, 7) is 6.18. The van der Waals surface area contributed by atoms with Gasteiger partial charge in [0.2, 0.25) is 0 Å². The zero-order valence-corrected chi connectivity index (χ0v) is 27.3. The van der Waals surface area contributed by atoms with E-state index in [2.05, 4.69) is 26.1 Å². The lowest BCUT2D eigenvalue weighted by Gasteiger charge is -2.55. The van der Waals surface area contributed by atoms with E-state index in [0.29, 0.717) is 30.4 Å². The van der Waals surface area contributed by atoms with E-state index < -0.39 is 21.5 Å². The van der Waals surface area contributed by atoms with Crippen LogP contribution in [0, 0.1) is 17.7 Å². The summed E-state index contributed by atoms with van der Waals surface area (Å²) >= 11 is 0. The van der Waals surface area contributed by atoms with Crippen molar-refractivity contribution in [2.45, 2.75) is 60.5 Å². The molecule has 2 aromatic carbocycles. The van der Waals surface area contributed by atoms with Crippen molar-refractivity contribution in [1.29, 1.82) is 0 Å². The fourth-order valence-corrected chi connectivity index (χ4v) is 9.24. The normalized spacial score (nSPS) is 25.6. The Morgan fingerprint density at radius 2 is 1.73 bits per heavy atom. The van der Waals surface area contributed by atoms with Crippen LogP contribution >= 0.6 is 0 Å². The predicted octanol–water partition coefficient (Wildman–Crippen LogP) is 3.66. The van der Waals surface area contributed by atoms with Gasteiger partial charge in [0.05, 0.1) is 12.0 Å². The van der Waals surface area contributed by atoms with Gasteiger partial charge in [-0.15, -0.1) is 0 Å². The molecule has 1 saturated carbocycles. The molecule has 0 spiro atoms. The van der Waals surface area contributed by atoms with Crippen molar-refractivity contribution in [3.63, 3.8) is 0 Å². The van der Waals surface area contributed by atoms with Gasteiger partial charge in [-0.2, -0.15) is 0 Å². The lowest BCUT2D eigenvalue weighted by Crippen LogP contribution is -2.67. The number of sulfone groups is 1. The van der Waals surface area contributed by atoms with Crippen LogP contribution in [0.2, 0.25) is 0 Å². The van der Waals surface area contributed by atoms with Crippen molar-refractivity contribution in [2.75, 3.05) is 70.6 Å². The van der Waals surface area contributed by atoms with Crippen LogP contribution in [-0.2, 0) is 20.0 Å². The summed E-state index contributed by atoms with van der Waals surface area (Å²) in [4.78, 5) is 19.6. The summed E-state index contributed by atoms with van der Waals surface area (Å²) < 4.78 is 43.5. The standard InChI is InChI=1S/C34H47FN4O5S/c1-44-32(40)36-31-9-4-8-30(31)34(24-37-16-5-17-37,26-6-3-7-27(35)20-26)25-14-18-38(19-15-25)21-33(41)22-39(23-33)28-10-12-29(13-11-28)45(2,42)43/h3,6-7,10-13,20,25,30-31,41H,4-5,8-9,14-19,21-24H2,1-2H3,(H,36,40)/t30-,31-,34-/m0/s1. The number of carbonyl (C=O) groups is 1. The van der Waals surface area contributed by atoms with E-state index in [1.807, 2.05) is 6.07 Å². The first-order valence-corrected chi connectivity index (χ1v) is 18.2. The molecule has 0 bridgehead atoms. The summed E-state index contributed by atoms with van der Waals surface area (Å²) in [7, 11) is -1.85. The maximum atomic E-state index is 14.9. The number of methoxy groups -OCH3 is 1. The van der Waals surface area contributed by atoms with Crippen LogP contribution in [-0.4, -0.2) is 107 Å². The van der Waals surface area contributed by atoms with E-state index in [-0.39, 0.29) is 23.2 Å². The van der Waals surface area contributed by atoms with Crippen molar-refractivity contribution < 1.29 is 27.4 Å². The number of ether oxygens (including phenoxy) is 1. The van der Waals surface area contributed by atoms with E-state index >= 15 is 0 Å². The van der Waals surface area contributed by atoms with Gasteiger partial charge in [-0.25, -0.2) is 17.6 Å². The van der Waals surface area contributed by atoms with Gasteiger partial charge in [0.25, 0.3) is 0 Å². The summed E-state index contributed by atoms with van der Waals surface area (Å²) in [6.07, 6.45) is 6.69. The van der Waals surface area contributed by atoms with Crippen molar-refractivity contribution in [1.82, 2.24) is 15.1 Å². The number of β-amino-alcohol motifs (C(OH)–C–C–N with tert-alkyl or cyclic N) is 1. The third-order valence-electron chi connectivity index (χ3n) is 10.9. The van der Waals surface area contributed by atoms with Gasteiger partial charge in [0, 0.05) is 49.6 Å². The second kappa shape index (κ2) is 12.8. The number of hydrogen-bond acceptors (Lipinski definition) is 8. The van der Waals surface area contributed by atoms with Gasteiger partial charge < -0.3 is 29.9 Å². The molecule has 3 saturated heterocycles. The number of amides is 1. The van der Waals surface area contributed by atoms with Crippen LogP contribution in [0.15, 0.2) is 53.4 Å². The van der Waals surface area contributed by atoms with Gasteiger partial charge in [-0.05, 0) is 112 Å². The summed E-state index contributed by atoms with van der Waals surface area (Å²) in [5.74, 6) is 0.229. The average molecular weight is 643 g/mol. The Hall–Kier alpha value is -2.73. The first-order valence-electron chi connectivity index (χ1n) is 16.3. The van der Waals surface area contributed by atoms with Crippen LogP contribution in [0.4, 0.5) is 14.9 Å². The number of aliphatic hydroxyl groups is 1. The molecule has 2 aromatic rings.